The monoisotopic (exact) mass is 313 g/mol. The highest BCUT2D eigenvalue weighted by molar-refractivity contribution is 6.35. The third-order valence-corrected chi connectivity index (χ3v) is 3.68. The molecule has 0 atom stereocenters. The molecule has 0 N–H and O–H groups in total. The molecule has 3 aromatic carbocycles. The lowest BCUT2D eigenvalue weighted by Gasteiger charge is -2.11. The summed E-state index contributed by atoms with van der Waals surface area (Å²) in [5.74, 6) is 1.11. The van der Waals surface area contributed by atoms with Gasteiger partial charge in [0.05, 0.1) is 5.56 Å². The van der Waals surface area contributed by atoms with Gasteiger partial charge in [0.1, 0.15) is 17.6 Å². The van der Waals surface area contributed by atoms with Crippen LogP contribution in [0.1, 0.15) is 5.56 Å². The largest absolute Gasteiger partial charge is 0.455 e. The van der Waals surface area contributed by atoms with Crippen LogP contribution >= 0.6 is 23.2 Å². The Hall–Kier alpha value is -2.21. The van der Waals surface area contributed by atoms with Gasteiger partial charge in [-0.2, -0.15) is 5.26 Å². The fourth-order valence-electron chi connectivity index (χ4n) is 2.12. The van der Waals surface area contributed by atoms with Gasteiger partial charge >= 0.3 is 0 Å². The Morgan fingerprint density at radius 2 is 1.57 bits per heavy atom. The molecule has 0 aromatic heterocycles. The van der Waals surface area contributed by atoms with Gasteiger partial charge in [-0.1, -0.05) is 47.5 Å². The van der Waals surface area contributed by atoms with Crippen molar-refractivity contribution in [3.8, 4) is 17.6 Å². The summed E-state index contributed by atoms with van der Waals surface area (Å²) in [6, 6.07) is 18.3. The molecule has 0 aliphatic carbocycles. The number of halogens is 2. The molecule has 0 unspecified atom stereocenters. The third-order valence-electron chi connectivity index (χ3n) is 3.11. The van der Waals surface area contributed by atoms with Crippen LogP contribution in [0, 0.1) is 11.3 Å². The minimum absolute atomic E-state index is 0.390. The molecule has 0 aliphatic heterocycles. The molecule has 0 aliphatic rings. The molecule has 4 heteroatoms. The second-order valence-corrected chi connectivity index (χ2v) is 5.29. The van der Waals surface area contributed by atoms with Crippen molar-refractivity contribution >= 4 is 34.0 Å². The van der Waals surface area contributed by atoms with Gasteiger partial charge in [-0.05, 0) is 30.3 Å². The summed E-state index contributed by atoms with van der Waals surface area (Å²) in [7, 11) is 0. The summed E-state index contributed by atoms with van der Waals surface area (Å²) < 4.78 is 5.88. The molecule has 0 radical (unpaired) electrons. The van der Waals surface area contributed by atoms with Gasteiger partial charge in [0.2, 0.25) is 0 Å². The normalized spacial score (nSPS) is 10.3. The van der Waals surface area contributed by atoms with Crippen molar-refractivity contribution in [3.63, 3.8) is 0 Å². The van der Waals surface area contributed by atoms with E-state index in [4.69, 9.17) is 33.2 Å². The van der Waals surface area contributed by atoms with Crippen molar-refractivity contribution in [1.82, 2.24) is 0 Å². The number of hydrogen-bond acceptors (Lipinski definition) is 2. The predicted octanol–water partition coefficient (Wildman–Crippen LogP) is 5.81. The Bertz CT molecular complexity index is 868. The van der Waals surface area contributed by atoms with Crippen LogP contribution in [0.15, 0.2) is 54.6 Å². The number of fused-ring (bicyclic) bond motifs is 1. The summed E-state index contributed by atoms with van der Waals surface area (Å²) >= 11 is 12.1. The van der Waals surface area contributed by atoms with Gasteiger partial charge in [0.15, 0.2) is 0 Å². The summed E-state index contributed by atoms with van der Waals surface area (Å²) in [6.45, 7) is 0. The average Bonchev–Trinajstić information content (AvgIpc) is 2.52. The van der Waals surface area contributed by atoms with Gasteiger partial charge < -0.3 is 4.74 Å². The summed E-state index contributed by atoms with van der Waals surface area (Å²) in [5, 5.41) is 12.1. The Kier molecular flexibility index (Phi) is 3.70. The molecule has 2 nitrogen and oxygen atoms in total. The lowest BCUT2D eigenvalue weighted by Crippen LogP contribution is -1.90. The van der Waals surface area contributed by atoms with Crippen LogP contribution in [0.5, 0.6) is 11.5 Å². The third kappa shape index (κ3) is 2.67. The molecule has 21 heavy (non-hydrogen) atoms. The molecule has 102 valence electrons. The van der Waals surface area contributed by atoms with E-state index < -0.39 is 0 Å². The zero-order valence-electron chi connectivity index (χ0n) is 10.8. The summed E-state index contributed by atoms with van der Waals surface area (Å²) in [4.78, 5) is 0. The van der Waals surface area contributed by atoms with Crippen molar-refractivity contribution < 1.29 is 4.74 Å². The quantitative estimate of drug-likeness (QED) is 0.598. The van der Waals surface area contributed by atoms with E-state index in [1.807, 2.05) is 24.3 Å². The maximum Gasteiger partial charge on any atom is 0.145 e. The summed E-state index contributed by atoms with van der Waals surface area (Å²) in [6.07, 6.45) is 0. The molecule has 0 fully saturated rings. The zero-order chi connectivity index (χ0) is 14.8. The van der Waals surface area contributed by atoms with Gasteiger partial charge in [-0.15, -0.1) is 0 Å². The smallest absolute Gasteiger partial charge is 0.145 e. The van der Waals surface area contributed by atoms with Crippen LogP contribution in [-0.4, -0.2) is 0 Å². The SMILES string of the molecule is N#Cc1cc(Cl)ccc1Oc1ccc(Cl)c2ccccc12. The van der Waals surface area contributed by atoms with E-state index in [0.717, 1.165) is 10.8 Å². The Labute approximate surface area is 132 Å². The highest BCUT2D eigenvalue weighted by atomic mass is 35.5. The van der Waals surface area contributed by atoms with E-state index in [1.54, 1.807) is 30.3 Å². The first-order valence-electron chi connectivity index (χ1n) is 6.24. The van der Waals surface area contributed by atoms with Crippen LogP contribution in [0.3, 0.4) is 0 Å². The molecule has 0 bridgehead atoms. The van der Waals surface area contributed by atoms with E-state index in [-0.39, 0.29) is 0 Å². The fraction of sp³-hybridized carbons (Fsp3) is 0. The molecule has 0 heterocycles. The van der Waals surface area contributed by atoms with Gasteiger partial charge in [0, 0.05) is 20.8 Å². The fourth-order valence-corrected chi connectivity index (χ4v) is 2.52. The first-order chi connectivity index (χ1) is 10.2. The maximum absolute atomic E-state index is 9.17. The molecule has 0 spiro atoms. The highest BCUT2D eigenvalue weighted by Gasteiger charge is 2.09. The Balaban J connectivity index is 2.11. The Morgan fingerprint density at radius 3 is 2.33 bits per heavy atom. The van der Waals surface area contributed by atoms with Gasteiger partial charge in [0.25, 0.3) is 0 Å². The van der Waals surface area contributed by atoms with Crippen molar-refractivity contribution in [1.29, 1.82) is 5.26 Å². The van der Waals surface area contributed by atoms with Crippen molar-refractivity contribution in [2.75, 3.05) is 0 Å². The van der Waals surface area contributed by atoms with E-state index >= 15 is 0 Å². The van der Waals surface area contributed by atoms with E-state index in [2.05, 4.69) is 6.07 Å². The number of benzene rings is 3. The lowest BCUT2D eigenvalue weighted by molar-refractivity contribution is 0.487. The molecule has 0 saturated heterocycles. The minimum atomic E-state index is 0.390. The molecule has 0 amide bonds. The first kappa shape index (κ1) is 13.8. The zero-order valence-corrected chi connectivity index (χ0v) is 12.3. The van der Waals surface area contributed by atoms with E-state index in [1.165, 1.54) is 0 Å². The van der Waals surface area contributed by atoms with Crippen LogP contribution in [-0.2, 0) is 0 Å². The van der Waals surface area contributed by atoms with Crippen molar-refractivity contribution in [2.45, 2.75) is 0 Å². The molecule has 3 aromatic rings. The maximum atomic E-state index is 9.17. The number of nitriles is 1. The second kappa shape index (κ2) is 5.65. The van der Waals surface area contributed by atoms with E-state index in [9.17, 15) is 0 Å². The first-order valence-corrected chi connectivity index (χ1v) is 6.99. The topological polar surface area (TPSA) is 33.0 Å². The van der Waals surface area contributed by atoms with E-state index in [0.29, 0.717) is 27.1 Å². The molecular formula is C17H9Cl2NO. The molecular weight excluding hydrogens is 305 g/mol. The predicted molar refractivity (Wildman–Crippen MR) is 85.2 cm³/mol. The highest BCUT2D eigenvalue weighted by Crippen LogP contribution is 2.35. The van der Waals surface area contributed by atoms with Crippen molar-refractivity contribution in [2.24, 2.45) is 0 Å². The van der Waals surface area contributed by atoms with Crippen LogP contribution in [0.4, 0.5) is 0 Å². The standard InChI is InChI=1S/C17H9Cl2NO/c18-12-5-7-16(11(9-12)10-20)21-17-8-6-15(19)13-3-1-2-4-14(13)17/h1-9H. The van der Waals surface area contributed by atoms with Gasteiger partial charge in [-0.3, -0.25) is 0 Å². The number of rotatable bonds is 2. The molecule has 3 rings (SSSR count). The van der Waals surface area contributed by atoms with Crippen LogP contribution in [0.25, 0.3) is 10.8 Å². The van der Waals surface area contributed by atoms with Crippen LogP contribution in [0.2, 0.25) is 10.0 Å². The molecule has 0 saturated carbocycles. The second-order valence-electron chi connectivity index (χ2n) is 4.45. The number of hydrogen-bond donors (Lipinski definition) is 0. The number of ether oxygens (including phenoxy) is 1. The lowest BCUT2D eigenvalue weighted by atomic mass is 10.1. The minimum Gasteiger partial charge on any atom is -0.455 e. The van der Waals surface area contributed by atoms with Gasteiger partial charge in [-0.25, -0.2) is 0 Å². The summed E-state index contributed by atoms with van der Waals surface area (Å²) in [5.41, 5.74) is 0.390. The average molecular weight is 314 g/mol. The Morgan fingerprint density at radius 1 is 0.857 bits per heavy atom. The number of nitrogens with zero attached hydrogens (tertiary/aromatic N) is 1. The van der Waals surface area contributed by atoms with Crippen molar-refractivity contribution in [3.05, 3.63) is 70.2 Å². The van der Waals surface area contributed by atoms with Crippen LogP contribution < -0.4 is 4.74 Å².